The number of benzene rings is 1. The lowest BCUT2D eigenvalue weighted by atomic mass is 9.83. The van der Waals surface area contributed by atoms with E-state index in [4.69, 9.17) is 16.0 Å². The third kappa shape index (κ3) is 2.63. The zero-order valence-electron chi connectivity index (χ0n) is 11.8. The van der Waals surface area contributed by atoms with E-state index in [-0.39, 0.29) is 0 Å². The second kappa shape index (κ2) is 4.93. The van der Waals surface area contributed by atoms with Crippen molar-refractivity contribution < 1.29 is 9.52 Å². The van der Waals surface area contributed by atoms with Gasteiger partial charge < -0.3 is 14.4 Å². The van der Waals surface area contributed by atoms with Crippen LogP contribution in [-0.2, 0) is 0 Å². The zero-order valence-corrected chi connectivity index (χ0v) is 12.5. The molecule has 1 aliphatic rings. The summed E-state index contributed by atoms with van der Waals surface area (Å²) >= 11 is 5.96. The third-order valence-electron chi connectivity index (χ3n) is 4.10. The summed E-state index contributed by atoms with van der Waals surface area (Å²) in [5, 5.41) is 10.7. The second-order valence-corrected chi connectivity index (χ2v) is 6.46. The van der Waals surface area contributed by atoms with E-state index in [1.165, 1.54) is 0 Å². The van der Waals surface area contributed by atoms with Crippen LogP contribution in [0, 0.1) is 5.92 Å². The molecule has 1 aromatic carbocycles. The number of aromatic nitrogens is 1. The highest BCUT2D eigenvalue weighted by Crippen LogP contribution is 2.31. The molecule has 0 saturated carbocycles. The van der Waals surface area contributed by atoms with Gasteiger partial charge >= 0.3 is 0 Å². The summed E-state index contributed by atoms with van der Waals surface area (Å²) in [5.41, 5.74) is 0.937. The molecule has 1 saturated heterocycles. The summed E-state index contributed by atoms with van der Waals surface area (Å²) < 4.78 is 5.78. The van der Waals surface area contributed by atoms with Gasteiger partial charge in [-0.25, -0.2) is 0 Å². The molecule has 0 bridgehead atoms. The molecule has 0 atom stereocenters. The number of nitrogens with zero attached hydrogens (tertiary/aromatic N) is 2. The highest BCUT2D eigenvalue weighted by Gasteiger charge is 2.31. The molecule has 1 fully saturated rings. The Morgan fingerprint density at radius 1 is 1.35 bits per heavy atom. The molecule has 0 amide bonds. The average molecular weight is 295 g/mol. The van der Waals surface area contributed by atoms with Gasteiger partial charge in [0, 0.05) is 18.1 Å². The van der Waals surface area contributed by atoms with Gasteiger partial charge in [0.25, 0.3) is 6.01 Å². The van der Waals surface area contributed by atoms with Gasteiger partial charge in [0.1, 0.15) is 5.52 Å². The van der Waals surface area contributed by atoms with Crippen LogP contribution in [0.5, 0.6) is 0 Å². The Kier molecular flexibility index (Phi) is 3.38. The maximum atomic E-state index is 10.1. The smallest absolute Gasteiger partial charge is 0.298 e. The average Bonchev–Trinajstić information content (AvgIpc) is 2.80. The van der Waals surface area contributed by atoms with Crippen LogP contribution in [0.2, 0.25) is 5.02 Å². The Morgan fingerprint density at radius 2 is 2.05 bits per heavy atom. The van der Waals surface area contributed by atoms with Crippen LogP contribution in [0.4, 0.5) is 6.01 Å². The predicted molar refractivity (Wildman–Crippen MR) is 80.3 cm³/mol. The fourth-order valence-electron chi connectivity index (χ4n) is 2.80. The summed E-state index contributed by atoms with van der Waals surface area (Å²) in [5.74, 6) is 0.331. The van der Waals surface area contributed by atoms with Gasteiger partial charge in [0.2, 0.25) is 0 Å². The number of fused-ring (bicyclic) bond motifs is 1. The van der Waals surface area contributed by atoms with Crippen molar-refractivity contribution in [3.05, 3.63) is 23.2 Å². The summed E-state index contributed by atoms with van der Waals surface area (Å²) in [6.07, 6.45) is 1.89. The maximum Gasteiger partial charge on any atom is 0.298 e. The minimum Gasteiger partial charge on any atom is -0.423 e. The first kappa shape index (κ1) is 13.7. The molecule has 0 aliphatic carbocycles. The van der Waals surface area contributed by atoms with E-state index >= 15 is 0 Å². The molecule has 0 radical (unpaired) electrons. The van der Waals surface area contributed by atoms with E-state index in [9.17, 15) is 5.11 Å². The van der Waals surface area contributed by atoms with Crippen molar-refractivity contribution in [3.63, 3.8) is 0 Å². The Hall–Kier alpha value is -1.26. The van der Waals surface area contributed by atoms with Crippen LogP contribution in [0.3, 0.4) is 0 Å². The fraction of sp³-hybridized carbons (Fsp3) is 0.533. The first-order chi connectivity index (χ1) is 9.43. The monoisotopic (exact) mass is 294 g/mol. The molecule has 108 valence electrons. The van der Waals surface area contributed by atoms with Crippen molar-refractivity contribution in [2.75, 3.05) is 18.0 Å². The van der Waals surface area contributed by atoms with Gasteiger partial charge in [-0.2, -0.15) is 4.98 Å². The first-order valence-corrected chi connectivity index (χ1v) is 7.35. The molecular formula is C15H19ClN2O2. The Labute approximate surface area is 123 Å². The second-order valence-electron chi connectivity index (χ2n) is 6.02. The number of hydrogen-bond donors (Lipinski definition) is 1. The molecule has 20 heavy (non-hydrogen) atoms. The summed E-state index contributed by atoms with van der Waals surface area (Å²) in [7, 11) is 0. The van der Waals surface area contributed by atoms with E-state index in [2.05, 4.69) is 9.88 Å². The highest BCUT2D eigenvalue weighted by atomic mass is 35.5. The number of rotatable bonds is 2. The van der Waals surface area contributed by atoms with Crippen molar-refractivity contribution in [1.29, 1.82) is 0 Å². The number of halogens is 1. The zero-order chi connectivity index (χ0) is 14.3. The lowest BCUT2D eigenvalue weighted by molar-refractivity contribution is 0.00618. The quantitative estimate of drug-likeness (QED) is 0.921. The number of hydrogen-bond acceptors (Lipinski definition) is 4. The number of anilines is 1. The highest BCUT2D eigenvalue weighted by molar-refractivity contribution is 6.31. The third-order valence-corrected chi connectivity index (χ3v) is 4.34. The topological polar surface area (TPSA) is 49.5 Å². The van der Waals surface area contributed by atoms with E-state index < -0.39 is 5.60 Å². The molecule has 1 aromatic heterocycles. The van der Waals surface area contributed by atoms with E-state index in [1.807, 2.05) is 26.0 Å². The molecule has 2 aromatic rings. The van der Waals surface area contributed by atoms with Crippen molar-refractivity contribution in [2.24, 2.45) is 5.92 Å². The van der Waals surface area contributed by atoms with E-state index in [0.29, 0.717) is 17.0 Å². The number of oxazole rings is 1. The lowest BCUT2D eigenvalue weighted by Crippen LogP contribution is -2.42. The van der Waals surface area contributed by atoms with E-state index in [1.54, 1.807) is 6.07 Å². The van der Waals surface area contributed by atoms with Gasteiger partial charge in [0.05, 0.1) is 5.60 Å². The van der Waals surface area contributed by atoms with Crippen LogP contribution >= 0.6 is 11.6 Å². The largest absolute Gasteiger partial charge is 0.423 e. The fourth-order valence-corrected chi connectivity index (χ4v) is 2.97. The van der Waals surface area contributed by atoms with Crippen molar-refractivity contribution in [1.82, 2.24) is 4.98 Å². The summed E-state index contributed by atoms with van der Waals surface area (Å²) in [6.45, 7) is 5.48. The van der Waals surface area contributed by atoms with Crippen LogP contribution in [0.15, 0.2) is 22.6 Å². The molecule has 4 nitrogen and oxygen atoms in total. The lowest BCUT2D eigenvalue weighted by Gasteiger charge is -2.37. The standard InChI is InChI=1S/C15H19ClN2O2/c1-15(2,19)10-5-7-18(8-6-10)14-17-12-9-11(16)3-4-13(12)20-14/h3-4,9-10,19H,5-8H2,1-2H3. The van der Waals surface area contributed by atoms with Gasteiger partial charge in [0.15, 0.2) is 5.58 Å². The molecule has 5 heteroatoms. The van der Waals surface area contributed by atoms with E-state index in [0.717, 1.165) is 37.0 Å². The van der Waals surface area contributed by atoms with Crippen LogP contribution in [-0.4, -0.2) is 28.8 Å². The molecule has 0 spiro atoms. The maximum absolute atomic E-state index is 10.1. The van der Waals surface area contributed by atoms with Crippen LogP contribution < -0.4 is 4.90 Å². The molecular weight excluding hydrogens is 276 g/mol. The van der Waals surface area contributed by atoms with Crippen molar-refractivity contribution in [2.45, 2.75) is 32.3 Å². The van der Waals surface area contributed by atoms with Gasteiger partial charge in [-0.3, -0.25) is 0 Å². The predicted octanol–water partition coefficient (Wildman–Crippen LogP) is 3.47. The molecule has 1 N–H and O–H groups in total. The number of aliphatic hydroxyl groups is 1. The Bertz CT molecular complexity index is 610. The van der Waals surface area contributed by atoms with Crippen LogP contribution in [0.25, 0.3) is 11.1 Å². The number of piperidine rings is 1. The molecule has 2 heterocycles. The SMILES string of the molecule is CC(C)(O)C1CCN(c2nc3cc(Cl)ccc3o2)CC1. The molecule has 3 rings (SSSR count). The Balaban J connectivity index is 1.76. The van der Waals surface area contributed by atoms with Gasteiger partial charge in [-0.15, -0.1) is 0 Å². The van der Waals surface area contributed by atoms with Gasteiger partial charge in [-0.1, -0.05) is 11.6 Å². The normalized spacial score (nSPS) is 17.9. The van der Waals surface area contributed by atoms with Gasteiger partial charge in [-0.05, 0) is 50.8 Å². The molecule has 1 aliphatic heterocycles. The minimum absolute atomic E-state index is 0.331. The van der Waals surface area contributed by atoms with Crippen LogP contribution in [0.1, 0.15) is 26.7 Å². The van der Waals surface area contributed by atoms with Crippen molar-refractivity contribution >= 4 is 28.7 Å². The summed E-state index contributed by atoms with van der Waals surface area (Å²) in [4.78, 5) is 6.63. The Morgan fingerprint density at radius 3 is 2.70 bits per heavy atom. The minimum atomic E-state index is -0.610. The molecule has 0 unspecified atom stereocenters. The summed E-state index contributed by atoms with van der Waals surface area (Å²) in [6, 6.07) is 6.11. The van der Waals surface area contributed by atoms with Crippen molar-refractivity contribution in [3.8, 4) is 0 Å². The first-order valence-electron chi connectivity index (χ1n) is 6.97.